The van der Waals surface area contributed by atoms with Gasteiger partial charge in [0, 0.05) is 11.1 Å². The molecule has 1 saturated carbocycles. The summed E-state index contributed by atoms with van der Waals surface area (Å²) >= 11 is 0. The van der Waals surface area contributed by atoms with Gasteiger partial charge in [0.25, 0.3) is 0 Å². The molecule has 2 nitrogen and oxygen atoms in total. The van der Waals surface area contributed by atoms with E-state index >= 15 is 0 Å². The van der Waals surface area contributed by atoms with Crippen LogP contribution in [-0.4, -0.2) is 17.3 Å². The first-order chi connectivity index (χ1) is 9.34. The van der Waals surface area contributed by atoms with E-state index in [1.54, 1.807) is 0 Å². The fourth-order valence-electron chi connectivity index (χ4n) is 3.01. The monoisotopic (exact) mass is 255 g/mol. The van der Waals surface area contributed by atoms with Gasteiger partial charge < -0.3 is 10.4 Å². The molecule has 3 rings (SSSR count). The highest BCUT2D eigenvalue weighted by atomic mass is 16.3. The molecule has 2 atom stereocenters. The van der Waals surface area contributed by atoms with Crippen molar-refractivity contribution in [2.75, 3.05) is 5.32 Å². The molecule has 1 aliphatic rings. The highest BCUT2D eigenvalue weighted by molar-refractivity contribution is 5.93. The number of fused-ring (bicyclic) bond motifs is 1. The van der Waals surface area contributed by atoms with Crippen LogP contribution >= 0.6 is 0 Å². The minimum absolute atomic E-state index is 0.188. The number of aliphatic hydroxyl groups is 1. The summed E-state index contributed by atoms with van der Waals surface area (Å²) in [5.41, 5.74) is 1.14. The zero-order valence-corrected chi connectivity index (χ0v) is 11.2. The Bertz CT molecular complexity index is 546. The van der Waals surface area contributed by atoms with Crippen LogP contribution in [-0.2, 0) is 0 Å². The molecule has 2 N–H and O–H groups in total. The number of rotatable bonds is 2. The maximum Gasteiger partial charge on any atom is 0.0741 e. The van der Waals surface area contributed by atoms with Crippen molar-refractivity contribution >= 4 is 16.5 Å². The predicted molar refractivity (Wildman–Crippen MR) is 80.5 cm³/mol. The summed E-state index contributed by atoms with van der Waals surface area (Å²) in [7, 11) is 0. The molecule has 0 radical (unpaired) electrons. The van der Waals surface area contributed by atoms with Crippen molar-refractivity contribution in [2.45, 2.75) is 44.2 Å². The van der Waals surface area contributed by atoms with Crippen molar-refractivity contribution in [2.24, 2.45) is 0 Å². The first-order valence-corrected chi connectivity index (χ1v) is 7.27. The molecule has 2 unspecified atom stereocenters. The van der Waals surface area contributed by atoms with E-state index < -0.39 is 0 Å². The number of nitrogens with one attached hydrogen (secondary N) is 1. The lowest BCUT2D eigenvalue weighted by molar-refractivity contribution is 0.144. The number of aliphatic hydroxyl groups excluding tert-OH is 1. The molecule has 0 aromatic heterocycles. The van der Waals surface area contributed by atoms with Gasteiger partial charge in [-0.05, 0) is 24.3 Å². The van der Waals surface area contributed by atoms with Crippen LogP contribution in [0.5, 0.6) is 0 Å². The van der Waals surface area contributed by atoms with Gasteiger partial charge in [0.15, 0.2) is 0 Å². The number of anilines is 1. The zero-order chi connectivity index (χ0) is 13.1. The van der Waals surface area contributed by atoms with Gasteiger partial charge in [-0.2, -0.15) is 0 Å². The van der Waals surface area contributed by atoms with Gasteiger partial charge in [-0.3, -0.25) is 0 Å². The summed E-state index contributed by atoms with van der Waals surface area (Å²) in [5.74, 6) is 0. The fraction of sp³-hybridized carbons (Fsp3) is 0.412. The molecular formula is C17H21NO. The largest absolute Gasteiger partial charge is 0.391 e. The maximum absolute atomic E-state index is 10.2. The average Bonchev–Trinajstić information content (AvgIpc) is 2.65. The standard InChI is InChI=1S/C17H21NO/c19-17-12-3-1-2-10-16(17)18-15-11-6-8-13-7-4-5-9-14(13)15/h4-9,11,16-19H,1-3,10,12H2. The third-order valence-corrected chi connectivity index (χ3v) is 4.11. The maximum atomic E-state index is 10.2. The van der Waals surface area contributed by atoms with Crippen molar-refractivity contribution < 1.29 is 5.11 Å². The van der Waals surface area contributed by atoms with Gasteiger partial charge in [-0.1, -0.05) is 55.7 Å². The van der Waals surface area contributed by atoms with E-state index in [2.05, 4.69) is 47.8 Å². The van der Waals surface area contributed by atoms with Crippen molar-refractivity contribution in [1.29, 1.82) is 0 Å². The van der Waals surface area contributed by atoms with E-state index in [0.29, 0.717) is 0 Å². The Morgan fingerprint density at radius 2 is 1.68 bits per heavy atom. The molecule has 0 spiro atoms. The second kappa shape index (κ2) is 5.62. The van der Waals surface area contributed by atoms with Gasteiger partial charge >= 0.3 is 0 Å². The summed E-state index contributed by atoms with van der Waals surface area (Å²) in [6.07, 6.45) is 5.35. The molecule has 0 amide bonds. The lowest BCUT2D eigenvalue weighted by Gasteiger charge is -2.23. The first kappa shape index (κ1) is 12.5. The summed E-state index contributed by atoms with van der Waals surface area (Å²) in [6, 6.07) is 14.9. The molecular weight excluding hydrogens is 234 g/mol. The van der Waals surface area contributed by atoms with E-state index in [1.165, 1.54) is 23.6 Å². The Balaban J connectivity index is 1.88. The van der Waals surface area contributed by atoms with E-state index in [1.807, 2.05) is 0 Å². The minimum Gasteiger partial charge on any atom is -0.391 e. The second-order valence-electron chi connectivity index (χ2n) is 5.48. The molecule has 1 fully saturated rings. The summed E-state index contributed by atoms with van der Waals surface area (Å²) in [4.78, 5) is 0. The van der Waals surface area contributed by atoms with Gasteiger partial charge in [0.2, 0.25) is 0 Å². The highest BCUT2D eigenvalue weighted by Gasteiger charge is 2.21. The summed E-state index contributed by atoms with van der Waals surface area (Å²) < 4.78 is 0. The molecule has 2 aromatic carbocycles. The smallest absolute Gasteiger partial charge is 0.0741 e. The van der Waals surface area contributed by atoms with E-state index in [-0.39, 0.29) is 12.1 Å². The number of benzene rings is 2. The van der Waals surface area contributed by atoms with Crippen molar-refractivity contribution in [1.82, 2.24) is 0 Å². The van der Waals surface area contributed by atoms with Crippen LogP contribution in [0.1, 0.15) is 32.1 Å². The first-order valence-electron chi connectivity index (χ1n) is 7.27. The Hall–Kier alpha value is -1.54. The van der Waals surface area contributed by atoms with E-state index in [0.717, 1.165) is 24.9 Å². The fourth-order valence-corrected chi connectivity index (χ4v) is 3.01. The van der Waals surface area contributed by atoms with Gasteiger partial charge in [-0.15, -0.1) is 0 Å². The van der Waals surface area contributed by atoms with Crippen LogP contribution in [0.4, 0.5) is 5.69 Å². The van der Waals surface area contributed by atoms with E-state index in [4.69, 9.17) is 0 Å². The van der Waals surface area contributed by atoms with Crippen LogP contribution in [0.25, 0.3) is 10.8 Å². The van der Waals surface area contributed by atoms with Crippen molar-refractivity contribution in [3.05, 3.63) is 42.5 Å². The molecule has 0 aliphatic heterocycles. The summed E-state index contributed by atoms with van der Waals surface area (Å²) in [5, 5.41) is 16.3. The second-order valence-corrected chi connectivity index (χ2v) is 5.48. The quantitative estimate of drug-likeness (QED) is 0.796. The normalized spacial score (nSPS) is 24.1. The lowest BCUT2D eigenvalue weighted by Crippen LogP contribution is -2.32. The van der Waals surface area contributed by atoms with Crippen molar-refractivity contribution in [3.63, 3.8) is 0 Å². The third-order valence-electron chi connectivity index (χ3n) is 4.11. The third kappa shape index (κ3) is 2.74. The molecule has 2 heteroatoms. The zero-order valence-electron chi connectivity index (χ0n) is 11.2. The van der Waals surface area contributed by atoms with Crippen LogP contribution in [0.15, 0.2) is 42.5 Å². The van der Waals surface area contributed by atoms with Gasteiger partial charge in [0.1, 0.15) is 0 Å². The minimum atomic E-state index is -0.221. The van der Waals surface area contributed by atoms with Crippen molar-refractivity contribution in [3.8, 4) is 0 Å². The van der Waals surface area contributed by atoms with Crippen LogP contribution in [0.2, 0.25) is 0 Å². The van der Waals surface area contributed by atoms with Crippen LogP contribution in [0.3, 0.4) is 0 Å². The van der Waals surface area contributed by atoms with Crippen LogP contribution < -0.4 is 5.32 Å². The number of hydrogen-bond acceptors (Lipinski definition) is 2. The lowest BCUT2D eigenvalue weighted by atomic mass is 10.0. The Morgan fingerprint density at radius 3 is 2.63 bits per heavy atom. The highest BCUT2D eigenvalue weighted by Crippen LogP contribution is 2.27. The van der Waals surface area contributed by atoms with E-state index in [9.17, 15) is 5.11 Å². The number of hydrogen-bond donors (Lipinski definition) is 2. The average molecular weight is 255 g/mol. The Morgan fingerprint density at radius 1 is 0.895 bits per heavy atom. The molecule has 100 valence electrons. The topological polar surface area (TPSA) is 32.3 Å². The molecule has 19 heavy (non-hydrogen) atoms. The van der Waals surface area contributed by atoms with Gasteiger partial charge in [0.05, 0.1) is 12.1 Å². The summed E-state index contributed by atoms with van der Waals surface area (Å²) in [6.45, 7) is 0. The molecule has 2 aromatic rings. The molecule has 0 heterocycles. The Kier molecular flexibility index (Phi) is 3.69. The SMILES string of the molecule is OC1CCCCCC1Nc1cccc2ccccc12. The predicted octanol–water partition coefficient (Wildman–Crippen LogP) is 3.95. The molecule has 0 bridgehead atoms. The van der Waals surface area contributed by atoms with Crippen LogP contribution in [0, 0.1) is 0 Å². The molecule has 1 aliphatic carbocycles. The Labute approximate surface area is 114 Å². The molecule has 0 saturated heterocycles. The van der Waals surface area contributed by atoms with Gasteiger partial charge in [-0.25, -0.2) is 0 Å².